The van der Waals surface area contributed by atoms with Crippen molar-refractivity contribution in [2.24, 2.45) is 5.73 Å². The summed E-state index contributed by atoms with van der Waals surface area (Å²) in [7, 11) is 0. The largest absolute Gasteiger partial charge is 0.481 e. The van der Waals surface area contributed by atoms with E-state index < -0.39 is 0 Å². The lowest BCUT2D eigenvalue weighted by Crippen LogP contribution is -2.17. The Morgan fingerprint density at radius 3 is 2.65 bits per heavy atom. The van der Waals surface area contributed by atoms with Crippen LogP contribution in [0.5, 0.6) is 5.75 Å². The van der Waals surface area contributed by atoms with Crippen LogP contribution in [-0.2, 0) is 0 Å². The topological polar surface area (TPSA) is 48.4 Å². The second kappa shape index (κ2) is 5.06. The summed E-state index contributed by atoms with van der Waals surface area (Å²) in [5, 5.41) is 0. The second-order valence-electron chi connectivity index (χ2n) is 4.10. The molecule has 2 rings (SSSR count). The van der Waals surface area contributed by atoms with Crippen molar-refractivity contribution in [3.8, 4) is 5.75 Å². The highest BCUT2D eigenvalue weighted by atomic mass is 16.5. The fraction of sp³-hybridized carbons (Fsp3) is 0.286. The molecule has 0 spiro atoms. The Hall–Kier alpha value is -1.74. The van der Waals surface area contributed by atoms with Crippen LogP contribution >= 0.6 is 0 Å². The molecule has 1 aromatic heterocycles. The van der Waals surface area contributed by atoms with E-state index in [4.69, 9.17) is 14.9 Å². The molecular formula is C14H17NO2. The van der Waals surface area contributed by atoms with Crippen LogP contribution in [0.3, 0.4) is 0 Å². The molecule has 0 saturated heterocycles. The van der Waals surface area contributed by atoms with Crippen LogP contribution in [0, 0.1) is 13.8 Å². The molecule has 0 aliphatic rings. The SMILES string of the molecule is Cc1ccc(OC(CN)c2ccco2)cc1C. The van der Waals surface area contributed by atoms with E-state index in [1.165, 1.54) is 11.1 Å². The molecule has 0 saturated carbocycles. The van der Waals surface area contributed by atoms with Crippen molar-refractivity contribution in [1.82, 2.24) is 0 Å². The van der Waals surface area contributed by atoms with Gasteiger partial charge in [-0.15, -0.1) is 0 Å². The molecule has 0 aliphatic heterocycles. The summed E-state index contributed by atoms with van der Waals surface area (Å²) in [6.45, 7) is 4.53. The molecule has 0 fully saturated rings. The molecule has 1 unspecified atom stereocenters. The predicted octanol–water partition coefficient (Wildman–Crippen LogP) is 2.98. The molecule has 17 heavy (non-hydrogen) atoms. The van der Waals surface area contributed by atoms with Crippen molar-refractivity contribution < 1.29 is 9.15 Å². The third-order valence-corrected chi connectivity index (χ3v) is 2.83. The number of hydrogen-bond acceptors (Lipinski definition) is 3. The lowest BCUT2D eigenvalue weighted by Gasteiger charge is -2.16. The predicted molar refractivity (Wildman–Crippen MR) is 67.0 cm³/mol. The molecule has 90 valence electrons. The van der Waals surface area contributed by atoms with Crippen molar-refractivity contribution in [2.75, 3.05) is 6.54 Å². The van der Waals surface area contributed by atoms with E-state index in [9.17, 15) is 0 Å². The highest BCUT2D eigenvalue weighted by Crippen LogP contribution is 2.23. The van der Waals surface area contributed by atoms with Crippen molar-refractivity contribution >= 4 is 0 Å². The fourth-order valence-corrected chi connectivity index (χ4v) is 1.65. The summed E-state index contributed by atoms with van der Waals surface area (Å²) < 4.78 is 11.1. The number of aryl methyl sites for hydroxylation is 2. The van der Waals surface area contributed by atoms with Gasteiger partial charge in [-0.05, 0) is 49.2 Å². The highest BCUT2D eigenvalue weighted by Gasteiger charge is 2.14. The number of furan rings is 1. The number of benzene rings is 1. The summed E-state index contributed by atoms with van der Waals surface area (Å²) >= 11 is 0. The van der Waals surface area contributed by atoms with Crippen LogP contribution in [0.2, 0.25) is 0 Å². The zero-order valence-corrected chi connectivity index (χ0v) is 10.1. The first-order chi connectivity index (χ1) is 8.20. The van der Waals surface area contributed by atoms with Gasteiger partial charge in [0.2, 0.25) is 0 Å². The maximum atomic E-state index is 5.83. The smallest absolute Gasteiger partial charge is 0.168 e. The van der Waals surface area contributed by atoms with Gasteiger partial charge < -0.3 is 14.9 Å². The maximum Gasteiger partial charge on any atom is 0.168 e. The summed E-state index contributed by atoms with van der Waals surface area (Å²) in [5.41, 5.74) is 8.15. The molecule has 0 bridgehead atoms. The second-order valence-corrected chi connectivity index (χ2v) is 4.10. The van der Waals surface area contributed by atoms with Crippen LogP contribution < -0.4 is 10.5 Å². The Morgan fingerprint density at radius 2 is 2.06 bits per heavy atom. The Balaban J connectivity index is 2.16. The zero-order chi connectivity index (χ0) is 12.3. The number of hydrogen-bond donors (Lipinski definition) is 1. The molecule has 2 aromatic rings. The van der Waals surface area contributed by atoms with Crippen LogP contribution in [0.25, 0.3) is 0 Å². The molecule has 1 atom stereocenters. The average Bonchev–Trinajstić information content (AvgIpc) is 2.84. The maximum absolute atomic E-state index is 5.83. The summed E-state index contributed by atoms with van der Waals surface area (Å²) in [6.07, 6.45) is 1.40. The average molecular weight is 231 g/mol. The summed E-state index contributed by atoms with van der Waals surface area (Å²) in [5.74, 6) is 1.57. The van der Waals surface area contributed by atoms with Gasteiger partial charge in [-0.1, -0.05) is 6.07 Å². The quantitative estimate of drug-likeness (QED) is 0.880. The first-order valence-electron chi connectivity index (χ1n) is 5.68. The Morgan fingerprint density at radius 1 is 1.24 bits per heavy atom. The normalized spacial score (nSPS) is 12.4. The Bertz CT molecular complexity index is 477. The minimum Gasteiger partial charge on any atom is -0.481 e. The van der Waals surface area contributed by atoms with Crippen molar-refractivity contribution in [1.29, 1.82) is 0 Å². The first-order valence-corrected chi connectivity index (χ1v) is 5.68. The van der Waals surface area contributed by atoms with Gasteiger partial charge in [-0.3, -0.25) is 0 Å². The standard InChI is InChI=1S/C14H17NO2/c1-10-5-6-12(8-11(10)2)17-14(9-15)13-4-3-7-16-13/h3-8,14H,9,15H2,1-2H3. The van der Waals surface area contributed by atoms with Crippen molar-refractivity contribution in [2.45, 2.75) is 20.0 Å². The minimum atomic E-state index is -0.230. The van der Waals surface area contributed by atoms with Crippen molar-refractivity contribution in [3.63, 3.8) is 0 Å². The molecular weight excluding hydrogens is 214 g/mol. The number of ether oxygens (including phenoxy) is 1. The van der Waals surface area contributed by atoms with E-state index in [0.29, 0.717) is 6.54 Å². The van der Waals surface area contributed by atoms with Gasteiger partial charge in [0.25, 0.3) is 0 Å². The summed E-state index contributed by atoms with van der Waals surface area (Å²) in [6, 6.07) is 9.72. The third kappa shape index (κ3) is 2.68. The van der Waals surface area contributed by atoms with Gasteiger partial charge in [0.1, 0.15) is 11.5 Å². The first kappa shape index (κ1) is 11.7. The molecule has 2 N–H and O–H groups in total. The lowest BCUT2D eigenvalue weighted by molar-refractivity contribution is 0.184. The molecule has 1 aromatic carbocycles. The third-order valence-electron chi connectivity index (χ3n) is 2.83. The van der Waals surface area contributed by atoms with Crippen LogP contribution in [-0.4, -0.2) is 6.54 Å². The van der Waals surface area contributed by atoms with E-state index in [-0.39, 0.29) is 6.10 Å². The van der Waals surface area contributed by atoms with Crippen LogP contribution in [0.1, 0.15) is 23.0 Å². The zero-order valence-electron chi connectivity index (χ0n) is 10.1. The molecule has 0 radical (unpaired) electrons. The molecule has 0 amide bonds. The monoisotopic (exact) mass is 231 g/mol. The Kier molecular flexibility index (Phi) is 3.49. The highest BCUT2D eigenvalue weighted by molar-refractivity contribution is 5.34. The minimum absolute atomic E-state index is 0.230. The van der Waals surface area contributed by atoms with Crippen molar-refractivity contribution in [3.05, 3.63) is 53.5 Å². The number of rotatable bonds is 4. The number of nitrogens with two attached hydrogens (primary N) is 1. The lowest BCUT2D eigenvalue weighted by atomic mass is 10.1. The van der Waals surface area contributed by atoms with Gasteiger partial charge in [0.15, 0.2) is 6.10 Å². The summed E-state index contributed by atoms with van der Waals surface area (Å²) in [4.78, 5) is 0. The molecule has 3 heteroatoms. The Labute approximate surface area is 101 Å². The van der Waals surface area contributed by atoms with E-state index in [1.807, 2.05) is 30.3 Å². The van der Waals surface area contributed by atoms with E-state index in [1.54, 1.807) is 6.26 Å². The fourth-order valence-electron chi connectivity index (χ4n) is 1.65. The van der Waals surface area contributed by atoms with Gasteiger partial charge in [-0.2, -0.15) is 0 Å². The van der Waals surface area contributed by atoms with E-state index in [0.717, 1.165) is 11.5 Å². The van der Waals surface area contributed by atoms with Gasteiger partial charge in [-0.25, -0.2) is 0 Å². The van der Waals surface area contributed by atoms with Gasteiger partial charge in [0, 0.05) is 6.54 Å². The van der Waals surface area contributed by atoms with E-state index in [2.05, 4.69) is 13.8 Å². The van der Waals surface area contributed by atoms with Gasteiger partial charge in [0.05, 0.1) is 6.26 Å². The van der Waals surface area contributed by atoms with Gasteiger partial charge >= 0.3 is 0 Å². The van der Waals surface area contributed by atoms with Crippen LogP contribution in [0.15, 0.2) is 41.0 Å². The molecule has 0 aliphatic carbocycles. The van der Waals surface area contributed by atoms with Crippen LogP contribution in [0.4, 0.5) is 0 Å². The molecule has 3 nitrogen and oxygen atoms in total. The van der Waals surface area contributed by atoms with E-state index >= 15 is 0 Å². The molecule has 1 heterocycles.